The van der Waals surface area contributed by atoms with Crippen molar-refractivity contribution in [2.45, 2.75) is 26.9 Å². The summed E-state index contributed by atoms with van der Waals surface area (Å²) < 4.78 is 25.1. The van der Waals surface area contributed by atoms with Gasteiger partial charge >= 0.3 is 7.60 Å². The number of aromatic nitrogens is 1. The van der Waals surface area contributed by atoms with Crippen molar-refractivity contribution in [1.29, 1.82) is 0 Å². The first-order valence-corrected chi connectivity index (χ1v) is 10.3. The lowest BCUT2D eigenvalue weighted by Gasteiger charge is -2.18. The van der Waals surface area contributed by atoms with Gasteiger partial charge in [-0.2, -0.15) is 0 Å². The Morgan fingerprint density at radius 3 is 2.36 bits per heavy atom. The van der Waals surface area contributed by atoms with Crippen molar-refractivity contribution in [2.24, 2.45) is 0 Å². The van der Waals surface area contributed by atoms with Crippen molar-refractivity contribution in [3.8, 4) is 0 Å². The van der Waals surface area contributed by atoms with Crippen LogP contribution in [0.5, 0.6) is 0 Å². The average molecular weight is 451 g/mol. The molecular weight excluding hydrogens is 433 g/mol. The zero-order chi connectivity index (χ0) is 16.3. The van der Waals surface area contributed by atoms with E-state index in [0.717, 1.165) is 26.5 Å². The maximum Gasteiger partial charge on any atom is 0.335 e. The molecule has 4 nitrogen and oxygen atoms in total. The number of aryl methyl sites for hydroxylation is 1. The number of hydrogen-bond donors (Lipinski definition) is 0. The van der Waals surface area contributed by atoms with Crippen molar-refractivity contribution >= 4 is 50.4 Å². The molecule has 0 atom stereocenters. The molecule has 0 unspecified atom stereocenters. The summed E-state index contributed by atoms with van der Waals surface area (Å²) >= 11 is 6.99. The number of pyridine rings is 1. The average Bonchev–Trinajstić information content (AvgIpc) is 2.42. The van der Waals surface area contributed by atoms with Gasteiger partial charge in [0.1, 0.15) is 4.60 Å². The quantitative estimate of drug-likeness (QED) is 0.410. The normalized spacial score (nSPS) is 12.0. The highest BCUT2D eigenvalue weighted by Crippen LogP contribution is 2.52. The highest BCUT2D eigenvalue weighted by atomic mass is 79.9. The number of benzene rings is 1. The molecule has 0 amide bonds. The van der Waals surface area contributed by atoms with Crippen LogP contribution in [0.3, 0.4) is 0 Å². The molecule has 7 heteroatoms. The van der Waals surface area contributed by atoms with Gasteiger partial charge in [0.2, 0.25) is 0 Å². The summed E-state index contributed by atoms with van der Waals surface area (Å²) in [6.07, 6.45) is 0.198. The Hall–Kier alpha value is -0.260. The van der Waals surface area contributed by atoms with E-state index in [0.29, 0.717) is 17.8 Å². The molecule has 1 aromatic carbocycles. The Morgan fingerprint density at radius 1 is 1.14 bits per heavy atom. The van der Waals surface area contributed by atoms with Crippen LogP contribution in [0.4, 0.5) is 0 Å². The molecule has 1 heterocycles. The zero-order valence-electron chi connectivity index (χ0n) is 12.7. The highest BCUT2D eigenvalue weighted by molar-refractivity contribution is 9.10. The Kier molecular flexibility index (Phi) is 6.20. The molecule has 2 aromatic rings. The Morgan fingerprint density at radius 2 is 1.77 bits per heavy atom. The maximum absolute atomic E-state index is 12.7. The summed E-state index contributed by atoms with van der Waals surface area (Å²) in [5, 5.41) is 0.982. The van der Waals surface area contributed by atoms with Gasteiger partial charge in [0.25, 0.3) is 0 Å². The predicted octanol–water partition coefficient (Wildman–Crippen LogP) is 5.83. The molecule has 0 aliphatic rings. The molecular formula is C15H18Br2NO3P. The van der Waals surface area contributed by atoms with Crippen LogP contribution in [0.2, 0.25) is 0 Å². The predicted molar refractivity (Wildman–Crippen MR) is 96.4 cm³/mol. The van der Waals surface area contributed by atoms with E-state index in [1.165, 1.54) is 0 Å². The minimum absolute atomic E-state index is 0.198. The van der Waals surface area contributed by atoms with Crippen LogP contribution >= 0.6 is 39.5 Å². The van der Waals surface area contributed by atoms with Gasteiger partial charge in [-0.3, -0.25) is 4.57 Å². The second kappa shape index (κ2) is 7.54. The van der Waals surface area contributed by atoms with Crippen LogP contribution in [0, 0.1) is 6.92 Å². The summed E-state index contributed by atoms with van der Waals surface area (Å²) in [4.78, 5) is 4.55. The van der Waals surface area contributed by atoms with Gasteiger partial charge < -0.3 is 9.05 Å². The fourth-order valence-electron chi connectivity index (χ4n) is 2.16. The van der Waals surface area contributed by atoms with E-state index in [9.17, 15) is 4.57 Å². The van der Waals surface area contributed by atoms with E-state index in [1.54, 1.807) is 13.8 Å². The monoisotopic (exact) mass is 449 g/mol. The minimum atomic E-state index is -3.15. The van der Waals surface area contributed by atoms with Crippen LogP contribution in [0.15, 0.2) is 27.3 Å². The van der Waals surface area contributed by atoms with E-state index < -0.39 is 7.60 Å². The number of hydrogen-bond acceptors (Lipinski definition) is 4. The van der Waals surface area contributed by atoms with Crippen molar-refractivity contribution < 1.29 is 13.6 Å². The minimum Gasteiger partial charge on any atom is -0.309 e. The number of fused-ring (bicyclic) bond motifs is 1. The SMILES string of the molecule is CCOP(=O)(Cc1cc2cc(Br)c(C)cc2nc1Br)OCC. The van der Waals surface area contributed by atoms with E-state index >= 15 is 0 Å². The lowest BCUT2D eigenvalue weighted by molar-refractivity contribution is 0.219. The van der Waals surface area contributed by atoms with Gasteiger partial charge in [-0.15, -0.1) is 0 Å². The van der Waals surface area contributed by atoms with Gasteiger partial charge in [-0.25, -0.2) is 4.98 Å². The molecule has 120 valence electrons. The van der Waals surface area contributed by atoms with Crippen LogP contribution in [-0.4, -0.2) is 18.2 Å². The summed E-state index contributed by atoms with van der Waals surface area (Å²) in [5.41, 5.74) is 2.82. The standard InChI is InChI=1S/C15H18Br2NO3P/c1-4-20-22(19,21-5-2)9-12-7-11-8-13(16)10(3)6-14(11)18-15(12)17/h6-8H,4-5,9H2,1-3H3. The Balaban J connectivity index is 2.44. The molecule has 0 spiro atoms. The van der Waals surface area contributed by atoms with Crippen molar-refractivity contribution in [3.05, 3.63) is 38.4 Å². The van der Waals surface area contributed by atoms with E-state index in [1.807, 2.05) is 25.1 Å². The van der Waals surface area contributed by atoms with Crippen molar-refractivity contribution in [3.63, 3.8) is 0 Å². The van der Waals surface area contributed by atoms with E-state index in [2.05, 4.69) is 36.8 Å². The van der Waals surface area contributed by atoms with Crippen LogP contribution < -0.4 is 0 Å². The fraction of sp³-hybridized carbons (Fsp3) is 0.400. The van der Waals surface area contributed by atoms with E-state index in [-0.39, 0.29) is 6.16 Å². The van der Waals surface area contributed by atoms with Crippen molar-refractivity contribution in [2.75, 3.05) is 13.2 Å². The summed E-state index contributed by atoms with van der Waals surface area (Å²) in [6, 6.07) is 6.00. The van der Waals surface area contributed by atoms with Gasteiger partial charge in [0, 0.05) is 9.86 Å². The molecule has 0 aliphatic heterocycles. The van der Waals surface area contributed by atoms with E-state index in [4.69, 9.17) is 9.05 Å². The number of halogens is 2. The highest BCUT2D eigenvalue weighted by Gasteiger charge is 2.25. The lowest BCUT2D eigenvalue weighted by Crippen LogP contribution is -2.00. The first-order valence-electron chi connectivity index (χ1n) is 7.02. The van der Waals surface area contributed by atoms with Gasteiger partial charge in [0.05, 0.1) is 24.9 Å². The van der Waals surface area contributed by atoms with Crippen LogP contribution in [-0.2, 0) is 19.8 Å². The van der Waals surface area contributed by atoms with Crippen LogP contribution in [0.1, 0.15) is 25.0 Å². The second-order valence-electron chi connectivity index (χ2n) is 4.84. The third-order valence-corrected chi connectivity index (χ3v) is 6.71. The Labute approximate surface area is 147 Å². The van der Waals surface area contributed by atoms with Gasteiger partial charge in [-0.05, 0) is 66.0 Å². The molecule has 0 N–H and O–H groups in total. The zero-order valence-corrected chi connectivity index (χ0v) is 16.8. The van der Waals surface area contributed by atoms with Gasteiger partial charge in [0.15, 0.2) is 0 Å². The smallest absolute Gasteiger partial charge is 0.309 e. The fourth-order valence-corrected chi connectivity index (χ4v) is 4.89. The van der Waals surface area contributed by atoms with Gasteiger partial charge in [-0.1, -0.05) is 15.9 Å². The first-order chi connectivity index (χ1) is 10.4. The Bertz CT molecular complexity index is 726. The molecule has 0 bridgehead atoms. The summed E-state index contributed by atoms with van der Waals surface area (Å²) in [6.45, 7) is 6.32. The molecule has 0 aliphatic carbocycles. The maximum atomic E-state index is 12.7. The number of nitrogens with zero attached hydrogens (tertiary/aromatic N) is 1. The third-order valence-electron chi connectivity index (χ3n) is 3.14. The molecule has 0 saturated carbocycles. The topological polar surface area (TPSA) is 48.4 Å². The third kappa shape index (κ3) is 4.18. The number of rotatable bonds is 6. The largest absolute Gasteiger partial charge is 0.335 e. The van der Waals surface area contributed by atoms with Crippen molar-refractivity contribution in [1.82, 2.24) is 4.98 Å². The molecule has 0 saturated heterocycles. The molecule has 0 radical (unpaired) electrons. The molecule has 1 aromatic heterocycles. The molecule has 0 fully saturated rings. The lowest BCUT2D eigenvalue weighted by atomic mass is 10.1. The molecule has 22 heavy (non-hydrogen) atoms. The first kappa shape index (κ1) is 18.1. The molecule has 2 rings (SSSR count). The summed E-state index contributed by atoms with van der Waals surface area (Å²) in [5.74, 6) is 0. The van der Waals surface area contributed by atoms with Crippen LogP contribution in [0.25, 0.3) is 10.9 Å². The summed E-state index contributed by atoms with van der Waals surface area (Å²) in [7, 11) is -3.15. The second-order valence-corrected chi connectivity index (χ2v) is 8.50.